The molecule has 3 heterocycles. The highest BCUT2D eigenvalue weighted by molar-refractivity contribution is 6.28. The summed E-state index contributed by atoms with van der Waals surface area (Å²) < 4.78 is 46.2. The zero-order valence-corrected chi connectivity index (χ0v) is 15.9. The van der Waals surface area contributed by atoms with E-state index in [0.29, 0.717) is 26.3 Å². The number of rotatable bonds is 4. The molecule has 8 nitrogen and oxygen atoms in total. The van der Waals surface area contributed by atoms with Gasteiger partial charge in [0, 0.05) is 33.4 Å². The first-order chi connectivity index (χ1) is 13.2. The molecule has 150 valence electrons. The maximum Gasteiger partial charge on any atom is 0.417 e. The lowest BCUT2D eigenvalue weighted by Crippen LogP contribution is -2.37. The number of nitrogens with zero attached hydrogens (tertiary/aromatic N) is 7. The molecule has 0 N–H and O–H groups in total. The quantitative estimate of drug-likeness (QED) is 0.561. The molecular weight excluding hydrogens is 399 g/mol. The average molecular weight is 416 g/mol. The first-order valence-electron chi connectivity index (χ1n) is 8.26. The van der Waals surface area contributed by atoms with Gasteiger partial charge >= 0.3 is 6.18 Å². The first-order valence-corrected chi connectivity index (χ1v) is 8.64. The van der Waals surface area contributed by atoms with Crippen LogP contribution in [0.25, 0.3) is 11.4 Å². The second kappa shape index (κ2) is 8.23. The minimum Gasteiger partial charge on any atom is -0.378 e. The van der Waals surface area contributed by atoms with Gasteiger partial charge in [0.25, 0.3) is 0 Å². The summed E-state index contributed by atoms with van der Waals surface area (Å²) in [5, 5.41) is -0.200. The summed E-state index contributed by atoms with van der Waals surface area (Å²) >= 11 is 5.95. The Bertz CT molecular complexity index is 870. The minimum atomic E-state index is -4.65. The zero-order chi connectivity index (χ0) is 20.3. The van der Waals surface area contributed by atoms with Crippen LogP contribution in [0.3, 0.4) is 0 Å². The van der Waals surface area contributed by atoms with Crippen LogP contribution in [0.1, 0.15) is 5.56 Å². The van der Waals surface area contributed by atoms with Crippen molar-refractivity contribution in [1.82, 2.24) is 24.8 Å². The van der Waals surface area contributed by atoms with Gasteiger partial charge in [-0.3, -0.25) is 0 Å². The van der Waals surface area contributed by atoms with Crippen LogP contribution in [0.5, 0.6) is 0 Å². The van der Waals surface area contributed by atoms with E-state index in [9.17, 15) is 13.2 Å². The van der Waals surface area contributed by atoms with E-state index in [0.717, 1.165) is 12.3 Å². The highest BCUT2D eigenvalue weighted by Gasteiger charge is 2.35. The molecular formula is C16H17ClF3N7O. The number of alkyl halides is 3. The van der Waals surface area contributed by atoms with Crippen molar-refractivity contribution < 1.29 is 17.9 Å². The molecule has 0 bridgehead atoms. The van der Waals surface area contributed by atoms with Crippen LogP contribution in [0.15, 0.2) is 17.3 Å². The Morgan fingerprint density at radius 2 is 1.93 bits per heavy atom. The number of aliphatic imine (C=N–C) groups is 1. The van der Waals surface area contributed by atoms with E-state index in [1.54, 1.807) is 23.9 Å². The summed E-state index contributed by atoms with van der Waals surface area (Å²) in [6, 6.07) is 0.849. The van der Waals surface area contributed by atoms with E-state index in [1.807, 2.05) is 0 Å². The predicted molar refractivity (Wildman–Crippen MR) is 97.9 cm³/mol. The maximum atomic E-state index is 13.6. The molecule has 1 aliphatic heterocycles. The normalized spacial score (nSPS) is 15.3. The molecule has 0 unspecified atom stereocenters. The molecule has 0 atom stereocenters. The number of aromatic nitrogens is 4. The van der Waals surface area contributed by atoms with Crippen LogP contribution in [0.4, 0.5) is 24.9 Å². The van der Waals surface area contributed by atoms with Crippen LogP contribution in [-0.4, -0.2) is 71.6 Å². The molecule has 0 amide bonds. The Morgan fingerprint density at radius 3 is 2.57 bits per heavy atom. The molecule has 3 rings (SSSR count). The molecule has 0 radical (unpaired) electrons. The number of morpholine rings is 1. The van der Waals surface area contributed by atoms with Crippen molar-refractivity contribution in [3.63, 3.8) is 0 Å². The van der Waals surface area contributed by atoms with E-state index in [4.69, 9.17) is 16.3 Å². The number of hydrogen-bond donors (Lipinski definition) is 0. The van der Waals surface area contributed by atoms with Crippen molar-refractivity contribution in [2.75, 3.05) is 45.3 Å². The van der Waals surface area contributed by atoms with Crippen LogP contribution < -0.4 is 4.90 Å². The Labute approximate surface area is 164 Å². The van der Waals surface area contributed by atoms with Crippen molar-refractivity contribution >= 4 is 29.7 Å². The van der Waals surface area contributed by atoms with Crippen LogP contribution >= 0.6 is 11.6 Å². The third-order valence-electron chi connectivity index (χ3n) is 3.75. The maximum absolute atomic E-state index is 13.6. The van der Waals surface area contributed by atoms with E-state index in [2.05, 4.69) is 24.9 Å². The van der Waals surface area contributed by atoms with E-state index in [-0.39, 0.29) is 28.4 Å². The molecule has 1 aliphatic rings. The molecule has 0 spiro atoms. The second-order valence-electron chi connectivity index (χ2n) is 6.12. The lowest BCUT2D eigenvalue weighted by molar-refractivity contribution is -0.137. The fraction of sp³-hybridized carbons (Fsp3) is 0.438. The van der Waals surface area contributed by atoms with Gasteiger partial charge in [-0.15, -0.1) is 0 Å². The molecule has 2 aromatic heterocycles. The largest absolute Gasteiger partial charge is 0.417 e. The van der Waals surface area contributed by atoms with Gasteiger partial charge in [-0.25, -0.2) is 9.98 Å². The zero-order valence-electron chi connectivity index (χ0n) is 15.1. The van der Waals surface area contributed by atoms with Crippen molar-refractivity contribution in [3.05, 3.63) is 23.1 Å². The summed E-state index contributed by atoms with van der Waals surface area (Å²) in [5.74, 6) is -0.0936. The predicted octanol–water partition coefficient (Wildman–Crippen LogP) is 2.66. The number of hydrogen-bond acceptors (Lipinski definition) is 7. The first kappa shape index (κ1) is 20.2. The van der Waals surface area contributed by atoms with Crippen molar-refractivity contribution in [2.24, 2.45) is 4.99 Å². The van der Waals surface area contributed by atoms with Gasteiger partial charge in [-0.2, -0.15) is 28.1 Å². The fourth-order valence-electron chi connectivity index (χ4n) is 2.47. The Hall–Kier alpha value is -2.53. The summed E-state index contributed by atoms with van der Waals surface area (Å²) in [6.45, 7) is 1.93. The minimum absolute atomic E-state index is 0.0849. The summed E-state index contributed by atoms with van der Waals surface area (Å²) in [5.41, 5.74) is -1.25. The molecule has 0 aliphatic carbocycles. The SMILES string of the molecule is CN(C)C=Nc1cc(C(F)(F)F)c(-c2nc(Cl)nc(N3CCOCC3)n2)cn1. The van der Waals surface area contributed by atoms with E-state index < -0.39 is 11.7 Å². The standard InChI is InChI=1S/C16H17ClF3N7O/c1-26(2)9-22-12-7-11(16(18,19)20)10(8-21-12)13-23-14(17)25-15(24-13)27-3-5-28-6-4-27/h7-9H,3-6H2,1-2H3. The van der Waals surface area contributed by atoms with Crippen molar-refractivity contribution in [2.45, 2.75) is 6.18 Å². The molecule has 12 heteroatoms. The van der Waals surface area contributed by atoms with Crippen LogP contribution in [0, 0.1) is 0 Å². The number of ether oxygens (including phenoxy) is 1. The summed E-state index contributed by atoms with van der Waals surface area (Å²) in [6.07, 6.45) is -2.25. The Kier molecular flexibility index (Phi) is 5.94. The average Bonchev–Trinajstić information content (AvgIpc) is 2.65. The third kappa shape index (κ3) is 4.84. The van der Waals surface area contributed by atoms with Gasteiger partial charge in [-0.1, -0.05) is 0 Å². The summed E-state index contributed by atoms with van der Waals surface area (Å²) in [7, 11) is 3.39. The Morgan fingerprint density at radius 1 is 1.21 bits per heavy atom. The van der Waals surface area contributed by atoms with Crippen molar-refractivity contribution in [3.8, 4) is 11.4 Å². The van der Waals surface area contributed by atoms with Gasteiger partial charge in [0.1, 0.15) is 0 Å². The third-order valence-corrected chi connectivity index (χ3v) is 3.92. The van der Waals surface area contributed by atoms with Gasteiger partial charge in [0.2, 0.25) is 11.2 Å². The number of halogens is 4. The van der Waals surface area contributed by atoms with Gasteiger partial charge in [0.15, 0.2) is 11.6 Å². The smallest absolute Gasteiger partial charge is 0.378 e. The van der Waals surface area contributed by atoms with E-state index >= 15 is 0 Å². The van der Waals surface area contributed by atoms with Gasteiger partial charge in [0.05, 0.1) is 30.7 Å². The molecule has 1 saturated heterocycles. The second-order valence-corrected chi connectivity index (χ2v) is 6.46. The number of anilines is 1. The van der Waals surface area contributed by atoms with Crippen LogP contribution in [0.2, 0.25) is 5.28 Å². The topological polar surface area (TPSA) is 79.6 Å². The van der Waals surface area contributed by atoms with Gasteiger partial charge in [-0.05, 0) is 17.7 Å². The molecule has 28 heavy (non-hydrogen) atoms. The Balaban J connectivity index is 2.05. The molecule has 0 saturated carbocycles. The van der Waals surface area contributed by atoms with Crippen LogP contribution in [-0.2, 0) is 10.9 Å². The number of pyridine rings is 1. The monoisotopic (exact) mass is 415 g/mol. The summed E-state index contributed by atoms with van der Waals surface area (Å²) in [4.78, 5) is 23.3. The molecule has 2 aromatic rings. The lowest BCUT2D eigenvalue weighted by atomic mass is 10.1. The fourth-order valence-corrected chi connectivity index (χ4v) is 2.62. The van der Waals surface area contributed by atoms with E-state index in [1.165, 1.54) is 6.34 Å². The molecule has 0 aromatic carbocycles. The van der Waals surface area contributed by atoms with Crippen molar-refractivity contribution in [1.29, 1.82) is 0 Å². The lowest BCUT2D eigenvalue weighted by Gasteiger charge is -2.26. The molecule has 1 fully saturated rings. The highest BCUT2D eigenvalue weighted by atomic mass is 35.5. The highest BCUT2D eigenvalue weighted by Crippen LogP contribution is 2.37. The van der Waals surface area contributed by atoms with Gasteiger partial charge < -0.3 is 14.5 Å².